The summed E-state index contributed by atoms with van der Waals surface area (Å²) in [5.41, 5.74) is 3.64. The second kappa shape index (κ2) is 16.4. The Morgan fingerprint density at radius 1 is 1.19 bits per heavy atom. The lowest BCUT2D eigenvalue weighted by atomic mass is 9.89. The van der Waals surface area contributed by atoms with Gasteiger partial charge in [0.2, 0.25) is 11.9 Å². The van der Waals surface area contributed by atoms with Crippen molar-refractivity contribution in [2.45, 2.75) is 57.8 Å². The number of rotatable bonds is 14. The summed E-state index contributed by atoms with van der Waals surface area (Å²) in [6.45, 7) is 15.9. The van der Waals surface area contributed by atoms with E-state index in [9.17, 15) is 13.2 Å². The van der Waals surface area contributed by atoms with Crippen molar-refractivity contribution in [2.24, 2.45) is 5.92 Å². The highest BCUT2D eigenvalue weighted by atomic mass is 32.2. The lowest BCUT2D eigenvalue weighted by Gasteiger charge is -2.48. The van der Waals surface area contributed by atoms with Gasteiger partial charge in [-0.05, 0) is 43.9 Å². The molecular weight excluding hydrogens is 688 g/mol. The van der Waals surface area contributed by atoms with Gasteiger partial charge in [-0.25, -0.2) is 27.8 Å². The Balaban J connectivity index is 1.18. The van der Waals surface area contributed by atoms with Crippen LogP contribution in [-0.4, -0.2) is 124 Å². The van der Waals surface area contributed by atoms with Crippen LogP contribution in [0.5, 0.6) is 0 Å². The molecule has 0 radical (unpaired) electrons. The van der Waals surface area contributed by atoms with Crippen LogP contribution in [0.4, 0.5) is 33.2 Å². The van der Waals surface area contributed by atoms with Gasteiger partial charge in [0.25, 0.3) is 0 Å². The number of anilines is 5. The number of fused-ring (bicyclic) bond motifs is 1. The number of carbonyl (C=O) groups excluding carboxylic acids is 1. The highest BCUT2D eigenvalue weighted by molar-refractivity contribution is 7.90. The number of nitrogens with one attached hydrogen (secondary N) is 2. The molecule has 2 aromatic heterocycles. The third-order valence-corrected chi connectivity index (χ3v) is 11.2. The Kier molecular flexibility index (Phi) is 11.9. The molecule has 1 aromatic carbocycles. The molecule has 3 aliphatic heterocycles. The molecule has 3 aliphatic rings. The van der Waals surface area contributed by atoms with Crippen molar-refractivity contribution in [1.82, 2.24) is 19.9 Å². The van der Waals surface area contributed by atoms with Crippen molar-refractivity contribution in [3.05, 3.63) is 48.8 Å². The molecule has 6 rings (SSSR count). The maximum Gasteiger partial charge on any atom is 0.247 e. The van der Waals surface area contributed by atoms with E-state index in [0.29, 0.717) is 54.8 Å². The van der Waals surface area contributed by atoms with Gasteiger partial charge in [0.05, 0.1) is 42.8 Å². The maximum atomic E-state index is 15.3. The number of nitrogens with zero attached hydrogens (tertiary/aromatic N) is 6. The van der Waals surface area contributed by atoms with E-state index in [0.717, 1.165) is 55.9 Å². The number of morpholine rings is 1. The van der Waals surface area contributed by atoms with Crippen LogP contribution in [0.1, 0.15) is 45.1 Å². The lowest BCUT2D eigenvalue weighted by molar-refractivity contribution is -0.111. The fourth-order valence-corrected chi connectivity index (χ4v) is 8.54. The van der Waals surface area contributed by atoms with Gasteiger partial charge in [-0.1, -0.05) is 20.4 Å². The van der Waals surface area contributed by atoms with E-state index in [1.54, 1.807) is 12.4 Å². The molecule has 13 nitrogen and oxygen atoms in total. The number of piperidine rings is 1. The van der Waals surface area contributed by atoms with E-state index in [4.69, 9.17) is 14.5 Å². The zero-order valence-corrected chi connectivity index (χ0v) is 31.4. The van der Waals surface area contributed by atoms with Crippen molar-refractivity contribution in [3.63, 3.8) is 0 Å². The Bertz CT molecular complexity index is 1860. The monoisotopic (exact) mass is 738 g/mol. The molecule has 4 atom stereocenters. The van der Waals surface area contributed by atoms with Crippen molar-refractivity contribution in [3.8, 4) is 0 Å². The molecular formula is C37H51FN8O5S. The fraction of sp³-hybridized carbons (Fsp3) is 0.568. The highest BCUT2D eigenvalue weighted by Crippen LogP contribution is 2.42. The molecule has 3 fully saturated rings. The zero-order chi connectivity index (χ0) is 37.0. The van der Waals surface area contributed by atoms with Crippen LogP contribution in [-0.2, 0) is 24.1 Å². The first kappa shape index (κ1) is 37.8. The van der Waals surface area contributed by atoms with E-state index in [1.807, 2.05) is 43.9 Å². The molecule has 0 spiro atoms. The number of aromatic nitrogens is 3. The zero-order valence-electron chi connectivity index (χ0n) is 30.6. The van der Waals surface area contributed by atoms with E-state index in [1.165, 1.54) is 12.3 Å². The number of benzene rings is 1. The quantitative estimate of drug-likeness (QED) is 0.177. The van der Waals surface area contributed by atoms with Crippen LogP contribution < -0.4 is 20.4 Å². The van der Waals surface area contributed by atoms with Gasteiger partial charge in [-0.15, -0.1) is 0 Å². The molecule has 2 N–H and O–H groups in total. The SMILES string of the molecule is C=CC(=O)Nc1cc(N2C[C@H](CS(C)(=O)=O)[C@H]2C)c2cnc(Nc3ccnc(N4CC[C@@H](OCCCN5CCOCC5)[C@@H](F)C4)c3)nc2c1C(C)C. The number of alkyl halides is 1. The first-order chi connectivity index (χ1) is 24.9. The summed E-state index contributed by atoms with van der Waals surface area (Å²) in [6, 6.07) is 5.56. The Morgan fingerprint density at radius 3 is 2.67 bits per heavy atom. The van der Waals surface area contributed by atoms with Crippen LogP contribution in [0.2, 0.25) is 0 Å². The second-order valence-electron chi connectivity index (χ2n) is 14.4. The van der Waals surface area contributed by atoms with Crippen molar-refractivity contribution < 1.29 is 27.1 Å². The summed E-state index contributed by atoms with van der Waals surface area (Å²) >= 11 is 0. The number of pyridine rings is 1. The number of amides is 1. The Labute approximate surface area is 305 Å². The number of hydrogen-bond donors (Lipinski definition) is 2. The van der Waals surface area contributed by atoms with E-state index in [-0.39, 0.29) is 36.1 Å². The predicted molar refractivity (Wildman–Crippen MR) is 203 cm³/mol. The molecule has 5 heterocycles. The minimum absolute atomic E-state index is 0.0101. The Morgan fingerprint density at radius 2 is 1.98 bits per heavy atom. The molecule has 15 heteroatoms. The summed E-state index contributed by atoms with van der Waals surface area (Å²) in [7, 11) is -3.13. The molecule has 3 aromatic rings. The average molecular weight is 739 g/mol. The van der Waals surface area contributed by atoms with Crippen molar-refractivity contribution >= 4 is 55.5 Å². The van der Waals surface area contributed by atoms with Gasteiger partial charge >= 0.3 is 0 Å². The molecule has 3 saturated heterocycles. The number of carbonyl (C=O) groups is 1. The third kappa shape index (κ3) is 8.99. The van der Waals surface area contributed by atoms with Gasteiger partial charge < -0.3 is 29.9 Å². The van der Waals surface area contributed by atoms with Crippen molar-refractivity contribution in [1.29, 1.82) is 0 Å². The minimum atomic E-state index is -3.13. The van der Waals surface area contributed by atoms with E-state index in [2.05, 4.69) is 37.0 Å². The first-order valence-corrected chi connectivity index (χ1v) is 20.2. The fourth-order valence-electron chi connectivity index (χ4n) is 7.38. The summed E-state index contributed by atoms with van der Waals surface area (Å²) in [5.74, 6) is 0.742. The van der Waals surface area contributed by atoms with Gasteiger partial charge in [0.15, 0.2) is 0 Å². The number of sulfone groups is 1. The topological polar surface area (TPSA) is 142 Å². The van der Waals surface area contributed by atoms with Gasteiger partial charge in [0.1, 0.15) is 21.8 Å². The van der Waals surface area contributed by atoms with Gasteiger partial charge in [0, 0.05) is 98.3 Å². The molecule has 1 amide bonds. The highest BCUT2D eigenvalue weighted by Gasteiger charge is 2.39. The first-order valence-electron chi connectivity index (χ1n) is 18.2. The lowest BCUT2D eigenvalue weighted by Crippen LogP contribution is -2.57. The predicted octanol–water partition coefficient (Wildman–Crippen LogP) is 4.54. The summed E-state index contributed by atoms with van der Waals surface area (Å²) < 4.78 is 50.8. The van der Waals surface area contributed by atoms with Gasteiger partial charge in [-0.3, -0.25) is 9.69 Å². The number of hydrogen-bond acceptors (Lipinski definition) is 12. The average Bonchev–Trinajstić information content (AvgIpc) is 3.11. The second-order valence-corrected chi connectivity index (χ2v) is 16.6. The number of ether oxygens (including phenoxy) is 2. The standard InChI is InChI=1S/C37H51FN8O5S/c1-6-34(47)42-30-19-31(46-21-26(25(46)4)23-52(5,48)49)28-20-40-37(43-36(28)35(30)24(2)3)41-27-8-10-39-33(18-27)45-12-9-32(29(38)22-45)51-15-7-11-44-13-16-50-17-14-44/h6,8,10,18-20,24-26,29,32H,1,7,9,11-17,21-23H2,2-5H3,(H,42,47)(H,39,40,41,43)/t25-,26-,29+,32-/m1/s1. The van der Waals surface area contributed by atoms with E-state index < -0.39 is 22.1 Å². The molecule has 52 heavy (non-hydrogen) atoms. The maximum absolute atomic E-state index is 15.3. The summed E-state index contributed by atoms with van der Waals surface area (Å²) in [4.78, 5) is 33.2. The van der Waals surface area contributed by atoms with Crippen LogP contribution in [0, 0.1) is 5.92 Å². The van der Waals surface area contributed by atoms with Crippen LogP contribution >= 0.6 is 0 Å². The van der Waals surface area contributed by atoms with Crippen LogP contribution in [0.25, 0.3) is 10.9 Å². The summed E-state index contributed by atoms with van der Waals surface area (Å²) in [6.07, 6.45) is 5.81. The number of halogens is 1. The molecule has 0 aliphatic carbocycles. The molecule has 0 unspecified atom stereocenters. The van der Waals surface area contributed by atoms with E-state index >= 15 is 4.39 Å². The molecule has 0 saturated carbocycles. The van der Waals surface area contributed by atoms with Crippen molar-refractivity contribution in [2.75, 3.05) is 91.5 Å². The smallest absolute Gasteiger partial charge is 0.247 e. The Hall–Kier alpha value is -3.92. The van der Waals surface area contributed by atoms with Crippen LogP contribution in [0.3, 0.4) is 0 Å². The minimum Gasteiger partial charge on any atom is -0.379 e. The normalized spacial score (nSPS) is 22.7. The van der Waals surface area contributed by atoms with Crippen LogP contribution in [0.15, 0.2) is 43.2 Å². The summed E-state index contributed by atoms with van der Waals surface area (Å²) in [5, 5.41) is 7.08. The van der Waals surface area contributed by atoms with Gasteiger partial charge in [-0.2, -0.15) is 0 Å². The largest absolute Gasteiger partial charge is 0.379 e. The molecule has 282 valence electrons. The third-order valence-electron chi connectivity index (χ3n) is 10.2. The molecule has 0 bridgehead atoms.